The molecule has 4 nitrogen and oxygen atoms in total. The minimum Gasteiger partial charge on any atom is -0.326 e. The molecule has 5 heteroatoms. The van der Waals surface area contributed by atoms with Crippen LogP contribution < -0.4 is 0 Å². The smallest absolute Gasteiger partial charge is 0.106 e. The van der Waals surface area contributed by atoms with E-state index in [0.29, 0.717) is 0 Å². The van der Waals surface area contributed by atoms with Gasteiger partial charge in [0.15, 0.2) is 0 Å². The van der Waals surface area contributed by atoms with Crippen LogP contribution in [0.15, 0.2) is 4.47 Å². The number of rotatable bonds is 4. The second-order valence-corrected chi connectivity index (χ2v) is 6.52. The Hall–Kier alpha value is -1.10. The molecule has 2 heterocycles. The first-order valence-corrected chi connectivity index (χ1v) is 8.73. The Kier molecular flexibility index (Phi) is 4.20. The Morgan fingerprint density at radius 2 is 1.95 bits per heavy atom. The summed E-state index contributed by atoms with van der Waals surface area (Å²) in [5.41, 5.74) is 5.17. The zero-order valence-electron chi connectivity index (χ0n) is 13.1. The fourth-order valence-electron chi connectivity index (χ4n) is 3.26. The molecule has 0 saturated carbocycles. The Bertz CT molecular complexity index is 654. The zero-order valence-corrected chi connectivity index (χ0v) is 14.7. The highest BCUT2D eigenvalue weighted by Gasteiger charge is 2.21. The molecule has 0 fully saturated rings. The van der Waals surface area contributed by atoms with Gasteiger partial charge in [-0.2, -0.15) is 5.10 Å². The number of aromatic nitrogens is 4. The molecule has 2 aromatic rings. The quantitative estimate of drug-likeness (QED) is 0.843. The monoisotopic (exact) mass is 350 g/mol. The zero-order chi connectivity index (χ0) is 15.0. The average molecular weight is 351 g/mol. The van der Waals surface area contributed by atoms with Gasteiger partial charge < -0.3 is 4.57 Å². The molecular weight excluding hydrogens is 328 g/mol. The maximum atomic E-state index is 4.78. The van der Waals surface area contributed by atoms with Crippen LogP contribution in [0.1, 0.15) is 55.3 Å². The highest BCUT2D eigenvalue weighted by molar-refractivity contribution is 9.10. The molecule has 0 unspecified atom stereocenters. The summed E-state index contributed by atoms with van der Waals surface area (Å²) in [5, 5.41) is 4.71. The van der Waals surface area contributed by atoms with Gasteiger partial charge in [0, 0.05) is 12.2 Å². The lowest BCUT2D eigenvalue weighted by atomic mass is 10.0. The van der Waals surface area contributed by atoms with Crippen LogP contribution in [-0.2, 0) is 32.4 Å². The van der Waals surface area contributed by atoms with Crippen molar-refractivity contribution < 1.29 is 0 Å². The van der Waals surface area contributed by atoms with Crippen molar-refractivity contribution in [2.24, 2.45) is 0 Å². The van der Waals surface area contributed by atoms with E-state index in [1.54, 1.807) is 0 Å². The van der Waals surface area contributed by atoms with Crippen molar-refractivity contribution in [2.75, 3.05) is 0 Å². The normalized spacial score (nSPS) is 14.5. The van der Waals surface area contributed by atoms with Crippen LogP contribution in [0.5, 0.6) is 0 Å². The number of hydrogen-bond donors (Lipinski definition) is 0. The first-order chi connectivity index (χ1) is 10.2. The molecule has 2 aromatic heterocycles. The SMILES string of the molecule is CCc1nn(CC)c(Cn2c(C)nc3c2CCCC3)c1Br. The molecule has 1 aliphatic rings. The summed E-state index contributed by atoms with van der Waals surface area (Å²) in [6.07, 6.45) is 5.82. The van der Waals surface area contributed by atoms with Gasteiger partial charge in [0.2, 0.25) is 0 Å². The lowest BCUT2D eigenvalue weighted by Gasteiger charge is -2.15. The molecule has 0 saturated heterocycles. The van der Waals surface area contributed by atoms with Crippen molar-refractivity contribution in [1.82, 2.24) is 19.3 Å². The number of aryl methyl sites for hydroxylation is 4. The third-order valence-electron chi connectivity index (χ3n) is 4.43. The molecule has 0 amide bonds. The molecule has 1 aliphatic carbocycles. The fourth-order valence-corrected chi connectivity index (χ4v) is 3.95. The molecule has 0 spiro atoms. The molecule has 114 valence electrons. The lowest BCUT2D eigenvalue weighted by molar-refractivity contribution is 0.570. The van der Waals surface area contributed by atoms with Crippen molar-refractivity contribution in [1.29, 1.82) is 0 Å². The van der Waals surface area contributed by atoms with Gasteiger partial charge >= 0.3 is 0 Å². The van der Waals surface area contributed by atoms with E-state index in [0.717, 1.165) is 43.9 Å². The standard InChI is InChI=1S/C16H23BrN4/c1-4-12-16(17)15(21(5-2)19-12)10-20-11(3)18-13-8-6-7-9-14(13)20/h4-10H2,1-3H3. The Morgan fingerprint density at radius 1 is 1.19 bits per heavy atom. The first-order valence-electron chi connectivity index (χ1n) is 7.94. The van der Waals surface area contributed by atoms with Crippen molar-refractivity contribution in [3.8, 4) is 0 Å². The minimum absolute atomic E-state index is 0.871. The van der Waals surface area contributed by atoms with E-state index in [9.17, 15) is 0 Å². The molecule has 0 aliphatic heterocycles. The molecule has 0 atom stereocenters. The van der Waals surface area contributed by atoms with Crippen LogP contribution in [0.4, 0.5) is 0 Å². The summed E-state index contributed by atoms with van der Waals surface area (Å²) in [6.45, 7) is 8.21. The number of nitrogens with zero attached hydrogens (tertiary/aromatic N) is 4. The van der Waals surface area contributed by atoms with E-state index in [4.69, 9.17) is 10.1 Å². The summed E-state index contributed by atoms with van der Waals surface area (Å²) >= 11 is 3.75. The maximum absolute atomic E-state index is 4.78. The van der Waals surface area contributed by atoms with Gasteiger partial charge in [0.1, 0.15) is 5.82 Å². The Balaban J connectivity index is 2.01. The third-order valence-corrected chi connectivity index (χ3v) is 5.34. The Labute approximate surface area is 134 Å². The van der Waals surface area contributed by atoms with Crippen LogP contribution in [-0.4, -0.2) is 19.3 Å². The highest BCUT2D eigenvalue weighted by atomic mass is 79.9. The van der Waals surface area contributed by atoms with E-state index >= 15 is 0 Å². The van der Waals surface area contributed by atoms with E-state index in [1.807, 2.05) is 0 Å². The van der Waals surface area contributed by atoms with Crippen molar-refractivity contribution >= 4 is 15.9 Å². The lowest BCUT2D eigenvalue weighted by Crippen LogP contribution is -2.13. The summed E-state index contributed by atoms with van der Waals surface area (Å²) in [4.78, 5) is 4.78. The highest BCUT2D eigenvalue weighted by Crippen LogP contribution is 2.27. The van der Waals surface area contributed by atoms with E-state index in [-0.39, 0.29) is 0 Å². The second kappa shape index (κ2) is 5.95. The topological polar surface area (TPSA) is 35.6 Å². The van der Waals surface area contributed by atoms with E-state index in [1.165, 1.54) is 34.4 Å². The largest absolute Gasteiger partial charge is 0.326 e. The summed E-state index contributed by atoms with van der Waals surface area (Å²) in [7, 11) is 0. The van der Waals surface area contributed by atoms with Crippen LogP contribution in [0, 0.1) is 6.92 Å². The van der Waals surface area contributed by atoms with Gasteiger partial charge in [0.05, 0.1) is 28.1 Å². The predicted molar refractivity (Wildman–Crippen MR) is 87.7 cm³/mol. The van der Waals surface area contributed by atoms with Gasteiger partial charge in [-0.3, -0.25) is 4.68 Å². The van der Waals surface area contributed by atoms with Gasteiger partial charge in [-0.05, 0) is 61.9 Å². The van der Waals surface area contributed by atoms with Crippen LogP contribution in [0.2, 0.25) is 0 Å². The van der Waals surface area contributed by atoms with Crippen molar-refractivity contribution in [3.63, 3.8) is 0 Å². The fraction of sp³-hybridized carbons (Fsp3) is 0.625. The number of fused-ring (bicyclic) bond motifs is 1. The molecule has 21 heavy (non-hydrogen) atoms. The summed E-state index contributed by atoms with van der Waals surface area (Å²) in [6, 6.07) is 0. The van der Waals surface area contributed by atoms with Gasteiger partial charge in [-0.15, -0.1) is 0 Å². The number of hydrogen-bond acceptors (Lipinski definition) is 2. The summed E-state index contributed by atoms with van der Waals surface area (Å²) < 4.78 is 5.68. The number of imidazole rings is 1. The van der Waals surface area contributed by atoms with Crippen LogP contribution in [0.25, 0.3) is 0 Å². The van der Waals surface area contributed by atoms with Gasteiger partial charge in [0.25, 0.3) is 0 Å². The van der Waals surface area contributed by atoms with Gasteiger partial charge in [-0.25, -0.2) is 4.98 Å². The predicted octanol–water partition coefficient (Wildman–Crippen LogP) is 3.66. The van der Waals surface area contributed by atoms with Crippen molar-refractivity contribution in [2.45, 2.75) is 66.0 Å². The first kappa shape index (κ1) is 14.8. The third kappa shape index (κ3) is 2.56. The second-order valence-electron chi connectivity index (χ2n) is 5.72. The van der Waals surface area contributed by atoms with E-state index in [2.05, 4.69) is 46.0 Å². The molecule has 0 aromatic carbocycles. The maximum Gasteiger partial charge on any atom is 0.106 e. The molecule has 3 rings (SSSR count). The average Bonchev–Trinajstić information content (AvgIpc) is 2.98. The molecular formula is C16H23BrN4. The molecule has 0 radical (unpaired) electrons. The van der Waals surface area contributed by atoms with E-state index < -0.39 is 0 Å². The molecule has 0 bridgehead atoms. The van der Waals surface area contributed by atoms with Gasteiger partial charge in [-0.1, -0.05) is 6.92 Å². The van der Waals surface area contributed by atoms with Crippen LogP contribution >= 0.6 is 15.9 Å². The summed E-state index contributed by atoms with van der Waals surface area (Å²) in [5.74, 6) is 1.13. The molecule has 0 N–H and O–H groups in total. The van der Waals surface area contributed by atoms with Crippen molar-refractivity contribution in [3.05, 3.63) is 33.1 Å². The minimum atomic E-state index is 0.871. The van der Waals surface area contributed by atoms with Crippen LogP contribution in [0.3, 0.4) is 0 Å². The Morgan fingerprint density at radius 3 is 2.67 bits per heavy atom. The number of halogens is 1.